The second-order valence-electron chi connectivity index (χ2n) is 4.25. The highest BCUT2D eigenvalue weighted by Crippen LogP contribution is 2.25. The molecule has 7 heteroatoms. The van der Waals surface area contributed by atoms with Crippen LogP contribution in [-0.4, -0.2) is 25.7 Å². The Labute approximate surface area is 128 Å². The maximum atomic E-state index is 12.4. The van der Waals surface area contributed by atoms with Crippen LogP contribution in [-0.2, 0) is 6.54 Å². The van der Waals surface area contributed by atoms with Crippen molar-refractivity contribution in [1.82, 2.24) is 10.6 Å². The summed E-state index contributed by atoms with van der Waals surface area (Å²) in [5.74, 6) is 0.715. The molecule has 118 valence electrons. The highest BCUT2D eigenvalue weighted by molar-refractivity contribution is 6.30. The number of alkyl halides is 2. The molecule has 21 heavy (non-hydrogen) atoms. The Kier molecular flexibility index (Phi) is 7.82. The van der Waals surface area contributed by atoms with Crippen molar-refractivity contribution in [1.29, 1.82) is 0 Å². The average molecular weight is 320 g/mol. The van der Waals surface area contributed by atoms with Gasteiger partial charge in [0.25, 0.3) is 0 Å². The first-order valence-electron chi connectivity index (χ1n) is 6.82. The lowest BCUT2D eigenvalue weighted by molar-refractivity contribution is -0.0504. The number of aliphatic imine (C=N–C) groups is 1. The van der Waals surface area contributed by atoms with E-state index in [1.165, 1.54) is 12.1 Å². The monoisotopic (exact) mass is 319 g/mol. The lowest BCUT2D eigenvalue weighted by Gasteiger charge is -2.12. The van der Waals surface area contributed by atoms with E-state index in [1.807, 2.05) is 13.8 Å². The molecule has 4 nitrogen and oxygen atoms in total. The molecule has 0 heterocycles. The predicted octanol–water partition coefficient (Wildman–Crippen LogP) is 3.41. The van der Waals surface area contributed by atoms with Crippen molar-refractivity contribution in [2.24, 2.45) is 4.99 Å². The number of hydrogen-bond acceptors (Lipinski definition) is 2. The molecular formula is C14H20ClF2N3O. The molecule has 1 aromatic rings. The number of hydrogen-bond donors (Lipinski definition) is 2. The van der Waals surface area contributed by atoms with Crippen molar-refractivity contribution < 1.29 is 13.5 Å². The van der Waals surface area contributed by atoms with Gasteiger partial charge in [0.2, 0.25) is 0 Å². The maximum Gasteiger partial charge on any atom is 0.387 e. The fraction of sp³-hybridized carbons (Fsp3) is 0.500. The first-order valence-corrected chi connectivity index (χ1v) is 7.20. The summed E-state index contributed by atoms with van der Waals surface area (Å²) in [5, 5.41) is 6.66. The second kappa shape index (κ2) is 9.39. The Bertz CT molecular complexity index is 470. The van der Waals surface area contributed by atoms with Crippen LogP contribution < -0.4 is 15.4 Å². The molecule has 0 aliphatic rings. The van der Waals surface area contributed by atoms with Crippen molar-refractivity contribution in [3.05, 3.63) is 28.8 Å². The Morgan fingerprint density at radius 1 is 1.33 bits per heavy atom. The number of halogens is 3. The van der Waals surface area contributed by atoms with Crippen molar-refractivity contribution in [2.45, 2.75) is 33.4 Å². The average Bonchev–Trinajstić information content (AvgIpc) is 2.44. The van der Waals surface area contributed by atoms with Crippen LogP contribution in [0, 0.1) is 0 Å². The third-order valence-corrected chi connectivity index (χ3v) is 2.77. The topological polar surface area (TPSA) is 45.7 Å². The quantitative estimate of drug-likeness (QED) is 0.598. The Balaban J connectivity index is 2.85. The summed E-state index contributed by atoms with van der Waals surface area (Å²) in [7, 11) is 0. The molecule has 0 aliphatic heterocycles. The predicted molar refractivity (Wildman–Crippen MR) is 81.2 cm³/mol. The zero-order valence-electron chi connectivity index (χ0n) is 12.1. The van der Waals surface area contributed by atoms with Crippen LogP contribution in [0.2, 0.25) is 5.02 Å². The number of guanidine groups is 1. The Morgan fingerprint density at radius 3 is 2.71 bits per heavy atom. The summed E-state index contributed by atoms with van der Waals surface area (Å²) in [4.78, 5) is 4.34. The van der Waals surface area contributed by atoms with E-state index in [9.17, 15) is 8.78 Å². The lowest BCUT2D eigenvalue weighted by atomic mass is 10.2. The molecule has 1 rings (SSSR count). The SMILES string of the molecule is CCCNC(=NCc1cc(Cl)ccc1OC(F)F)NCC. The van der Waals surface area contributed by atoms with E-state index in [0.717, 1.165) is 13.0 Å². The van der Waals surface area contributed by atoms with E-state index in [0.29, 0.717) is 23.1 Å². The molecule has 0 amide bonds. The van der Waals surface area contributed by atoms with Crippen LogP contribution in [0.1, 0.15) is 25.8 Å². The van der Waals surface area contributed by atoms with Crippen LogP contribution in [0.4, 0.5) is 8.78 Å². The molecule has 0 aliphatic carbocycles. The van der Waals surface area contributed by atoms with Gasteiger partial charge in [-0.3, -0.25) is 0 Å². The summed E-state index contributed by atoms with van der Waals surface area (Å²) in [6.07, 6.45) is 0.960. The third kappa shape index (κ3) is 6.62. The molecule has 0 fully saturated rings. The number of nitrogens with zero attached hydrogens (tertiary/aromatic N) is 1. The van der Waals surface area contributed by atoms with Crippen LogP contribution >= 0.6 is 11.6 Å². The van der Waals surface area contributed by atoms with Gasteiger partial charge in [-0.15, -0.1) is 0 Å². The molecule has 0 saturated carbocycles. The van der Waals surface area contributed by atoms with E-state index in [4.69, 9.17) is 11.6 Å². The standard InChI is InChI=1S/C14H20ClF2N3O/c1-3-7-19-14(18-4-2)20-9-10-8-11(15)5-6-12(10)21-13(16)17/h5-6,8,13H,3-4,7,9H2,1-2H3,(H2,18,19,20). The number of benzene rings is 1. The van der Waals surface area contributed by atoms with E-state index >= 15 is 0 Å². The van der Waals surface area contributed by atoms with E-state index in [1.54, 1.807) is 6.07 Å². The van der Waals surface area contributed by atoms with Gasteiger partial charge in [0.05, 0.1) is 6.54 Å². The third-order valence-electron chi connectivity index (χ3n) is 2.53. The van der Waals surface area contributed by atoms with Gasteiger partial charge < -0.3 is 15.4 Å². The molecule has 2 N–H and O–H groups in total. The fourth-order valence-corrected chi connectivity index (χ4v) is 1.83. The van der Waals surface area contributed by atoms with E-state index in [-0.39, 0.29) is 12.3 Å². The van der Waals surface area contributed by atoms with Crippen LogP contribution in [0.15, 0.2) is 23.2 Å². The molecule has 0 bridgehead atoms. The molecule has 0 unspecified atom stereocenters. The van der Waals surface area contributed by atoms with E-state index in [2.05, 4.69) is 20.4 Å². The number of rotatable bonds is 7. The number of ether oxygens (including phenoxy) is 1. The van der Waals surface area contributed by atoms with Gasteiger partial charge in [-0.05, 0) is 31.5 Å². The zero-order valence-corrected chi connectivity index (χ0v) is 12.9. The van der Waals surface area contributed by atoms with Gasteiger partial charge in [-0.1, -0.05) is 18.5 Å². The van der Waals surface area contributed by atoms with Gasteiger partial charge in [0.1, 0.15) is 5.75 Å². The summed E-state index contributed by atoms with van der Waals surface area (Å²) in [6, 6.07) is 4.50. The van der Waals surface area contributed by atoms with Gasteiger partial charge in [0, 0.05) is 23.7 Å². The van der Waals surface area contributed by atoms with Crippen LogP contribution in [0.25, 0.3) is 0 Å². The summed E-state index contributed by atoms with van der Waals surface area (Å²) in [5.41, 5.74) is 0.511. The molecule has 1 aromatic carbocycles. The van der Waals surface area contributed by atoms with Crippen molar-refractivity contribution in [3.8, 4) is 5.75 Å². The molecule has 0 aromatic heterocycles. The Hall–Kier alpha value is -1.56. The first kappa shape index (κ1) is 17.5. The normalized spacial score (nSPS) is 11.6. The minimum atomic E-state index is -2.87. The highest BCUT2D eigenvalue weighted by Gasteiger charge is 2.10. The molecule has 0 saturated heterocycles. The molecule has 0 spiro atoms. The molecular weight excluding hydrogens is 300 g/mol. The van der Waals surface area contributed by atoms with Crippen LogP contribution in [0.5, 0.6) is 5.75 Å². The minimum absolute atomic E-state index is 0.0875. The van der Waals surface area contributed by atoms with Gasteiger partial charge in [-0.2, -0.15) is 8.78 Å². The van der Waals surface area contributed by atoms with Gasteiger partial charge in [-0.25, -0.2) is 4.99 Å². The summed E-state index contributed by atoms with van der Waals surface area (Å²) in [6.45, 7) is 2.81. The number of nitrogens with one attached hydrogen (secondary N) is 2. The lowest BCUT2D eigenvalue weighted by Crippen LogP contribution is -2.37. The van der Waals surface area contributed by atoms with Crippen molar-refractivity contribution in [3.63, 3.8) is 0 Å². The minimum Gasteiger partial charge on any atom is -0.434 e. The van der Waals surface area contributed by atoms with Crippen molar-refractivity contribution >= 4 is 17.6 Å². The molecule has 0 atom stereocenters. The zero-order chi connectivity index (χ0) is 15.7. The summed E-state index contributed by atoms with van der Waals surface area (Å²) >= 11 is 5.89. The van der Waals surface area contributed by atoms with Gasteiger partial charge in [0.15, 0.2) is 5.96 Å². The fourth-order valence-electron chi connectivity index (χ4n) is 1.63. The summed E-state index contributed by atoms with van der Waals surface area (Å²) < 4.78 is 29.2. The second-order valence-corrected chi connectivity index (χ2v) is 4.69. The first-order chi connectivity index (χ1) is 10.1. The largest absolute Gasteiger partial charge is 0.434 e. The maximum absolute atomic E-state index is 12.4. The van der Waals surface area contributed by atoms with Crippen LogP contribution in [0.3, 0.4) is 0 Å². The highest BCUT2D eigenvalue weighted by atomic mass is 35.5. The van der Waals surface area contributed by atoms with E-state index < -0.39 is 6.61 Å². The smallest absolute Gasteiger partial charge is 0.387 e. The van der Waals surface area contributed by atoms with Crippen molar-refractivity contribution in [2.75, 3.05) is 13.1 Å². The van der Waals surface area contributed by atoms with Gasteiger partial charge >= 0.3 is 6.61 Å². The Morgan fingerprint density at radius 2 is 2.10 bits per heavy atom. The molecule has 0 radical (unpaired) electrons.